The third-order valence-electron chi connectivity index (χ3n) is 4.13. The predicted octanol–water partition coefficient (Wildman–Crippen LogP) is 3.09. The maximum atomic E-state index is 13.0. The second-order valence-electron chi connectivity index (χ2n) is 5.60. The van der Waals surface area contributed by atoms with Crippen LogP contribution in [0, 0.1) is 0 Å². The van der Waals surface area contributed by atoms with Gasteiger partial charge in [-0.05, 0) is 17.0 Å². The average molecular weight is 329 g/mol. The minimum atomic E-state index is -0.365. The van der Waals surface area contributed by atoms with Crippen LogP contribution in [0.15, 0.2) is 41.8 Å². The van der Waals surface area contributed by atoms with Crippen molar-refractivity contribution >= 4 is 23.0 Å². The lowest BCUT2D eigenvalue weighted by atomic mass is 10.00. The van der Waals surface area contributed by atoms with Crippen LogP contribution in [0.5, 0.6) is 0 Å². The number of ether oxygens (including phenoxy) is 1. The summed E-state index contributed by atoms with van der Waals surface area (Å²) in [5, 5.41) is 2.00. The standard InChI is InChI=1S/C18H19NO3S/c1-22-9-8-19(12-13-5-4-10-23-13)18(21)16-11-17(20)15-7-3-2-6-14(15)16/h2-7,10,16H,8-9,11-12H2,1H3. The molecule has 1 aliphatic rings. The Labute approximate surface area is 139 Å². The number of Topliss-reactive ketones (excluding diaryl/α,β-unsaturated/α-hetero) is 1. The van der Waals surface area contributed by atoms with Gasteiger partial charge in [-0.25, -0.2) is 0 Å². The number of fused-ring (bicyclic) bond motifs is 1. The fraction of sp³-hybridized carbons (Fsp3) is 0.333. The van der Waals surface area contributed by atoms with Crippen molar-refractivity contribution in [3.8, 4) is 0 Å². The number of thiophene rings is 1. The largest absolute Gasteiger partial charge is 0.383 e. The number of carbonyl (C=O) groups is 2. The molecule has 0 saturated heterocycles. The Kier molecular flexibility index (Phi) is 4.88. The second kappa shape index (κ2) is 7.06. The van der Waals surface area contributed by atoms with E-state index in [1.54, 1.807) is 23.3 Å². The third-order valence-corrected chi connectivity index (χ3v) is 4.99. The topological polar surface area (TPSA) is 46.6 Å². The highest BCUT2D eigenvalue weighted by Gasteiger charge is 2.36. The van der Waals surface area contributed by atoms with Gasteiger partial charge in [0.1, 0.15) is 0 Å². The fourth-order valence-corrected chi connectivity index (χ4v) is 3.68. The van der Waals surface area contributed by atoms with E-state index in [0.29, 0.717) is 25.3 Å². The average Bonchev–Trinajstić information content (AvgIpc) is 3.19. The Morgan fingerprint density at radius 1 is 1.30 bits per heavy atom. The molecule has 3 rings (SSSR count). The van der Waals surface area contributed by atoms with Crippen LogP contribution in [0.25, 0.3) is 0 Å². The van der Waals surface area contributed by atoms with Crippen molar-refractivity contribution in [3.63, 3.8) is 0 Å². The summed E-state index contributed by atoms with van der Waals surface area (Å²) in [5.74, 6) is -0.300. The minimum absolute atomic E-state index is 0.00810. The van der Waals surface area contributed by atoms with Crippen LogP contribution >= 0.6 is 11.3 Å². The summed E-state index contributed by atoms with van der Waals surface area (Å²) in [6.45, 7) is 1.58. The summed E-state index contributed by atoms with van der Waals surface area (Å²) < 4.78 is 5.14. The number of amides is 1. The van der Waals surface area contributed by atoms with Gasteiger partial charge in [-0.2, -0.15) is 0 Å². The van der Waals surface area contributed by atoms with E-state index >= 15 is 0 Å². The molecule has 23 heavy (non-hydrogen) atoms. The minimum Gasteiger partial charge on any atom is -0.383 e. The summed E-state index contributed by atoms with van der Waals surface area (Å²) in [4.78, 5) is 28.1. The Bertz CT molecular complexity index is 696. The molecule has 1 amide bonds. The molecular formula is C18H19NO3S. The highest BCUT2D eigenvalue weighted by Crippen LogP contribution is 2.34. The van der Waals surface area contributed by atoms with Crippen molar-refractivity contribution in [2.75, 3.05) is 20.3 Å². The molecule has 1 unspecified atom stereocenters. The summed E-state index contributed by atoms with van der Waals surface area (Å²) in [6, 6.07) is 11.4. The van der Waals surface area contributed by atoms with E-state index < -0.39 is 0 Å². The molecule has 0 aliphatic heterocycles. The number of hydrogen-bond donors (Lipinski definition) is 0. The van der Waals surface area contributed by atoms with Gasteiger partial charge in [-0.1, -0.05) is 30.3 Å². The van der Waals surface area contributed by atoms with Gasteiger partial charge in [0.05, 0.1) is 19.1 Å². The van der Waals surface area contributed by atoms with Crippen LogP contribution in [-0.4, -0.2) is 36.9 Å². The molecule has 5 heteroatoms. The van der Waals surface area contributed by atoms with Gasteiger partial charge < -0.3 is 9.64 Å². The van der Waals surface area contributed by atoms with Gasteiger partial charge in [-0.3, -0.25) is 9.59 Å². The number of benzene rings is 1. The van der Waals surface area contributed by atoms with Gasteiger partial charge in [0.15, 0.2) is 5.78 Å². The van der Waals surface area contributed by atoms with Crippen molar-refractivity contribution in [2.45, 2.75) is 18.9 Å². The first-order valence-corrected chi connectivity index (χ1v) is 8.51. The van der Waals surface area contributed by atoms with E-state index in [9.17, 15) is 9.59 Å². The Hall–Kier alpha value is -1.98. The lowest BCUT2D eigenvalue weighted by Crippen LogP contribution is -2.36. The summed E-state index contributed by atoms with van der Waals surface area (Å²) in [5.41, 5.74) is 1.55. The van der Waals surface area contributed by atoms with Crippen molar-refractivity contribution in [1.82, 2.24) is 4.90 Å². The lowest BCUT2D eigenvalue weighted by Gasteiger charge is -2.25. The number of hydrogen-bond acceptors (Lipinski definition) is 4. The molecule has 120 valence electrons. The summed E-state index contributed by atoms with van der Waals surface area (Å²) in [6.07, 6.45) is 0.270. The lowest BCUT2D eigenvalue weighted by molar-refractivity contribution is -0.134. The van der Waals surface area contributed by atoms with Crippen LogP contribution in [0.2, 0.25) is 0 Å². The quantitative estimate of drug-likeness (QED) is 0.818. The number of rotatable bonds is 6. The molecular weight excluding hydrogens is 310 g/mol. The Morgan fingerprint density at radius 2 is 2.13 bits per heavy atom. The maximum absolute atomic E-state index is 13.0. The maximum Gasteiger partial charge on any atom is 0.231 e. The number of nitrogens with zero attached hydrogens (tertiary/aromatic N) is 1. The van der Waals surface area contributed by atoms with E-state index in [1.807, 2.05) is 41.8 Å². The van der Waals surface area contributed by atoms with Gasteiger partial charge in [0, 0.05) is 30.5 Å². The normalized spacial score (nSPS) is 16.4. The molecule has 0 bridgehead atoms. The first-order valence-electron chi connectivity index (χ1n) is 7.63. The van der Waals surface area contributed by atoms with E-state index in [-0.39, 0.29) is 24.0 Å². The molecule has 1 atom stereocenters. The highest BCUT2D eigenvalue weighted by atomic mass is 32.1. The summed E-state index contributed by atoms with van der Waals surface area (Å²) >= 11 is 1.63. The SMILES string of the molecule is COCCN(Cc1cccs1)C(=O)C1CC(=O)c2ccccc21. The van der Waals surface area contributed by atoms with Crippen LogP contribution < -0.4 is 0 Å². The molecule has 0 saturated carbocycles. The Balaban J connectivity index is 1.82. The van der Waals surface area contributed by atoms with Gasteiger partial charge in [-0.15, -0.1) is 11.3 Å². The third kappa shape index (κ3) is 3.35. The molecule has 0 spiro atoms. The molecule has 0 fully saturated rings. The molecule has 1 aromatic carbocycles. The van der Waals surface area contributed by atoms with Crippen LogP contribution in [0.1, 0.15) is 33.1 Å². The molecule has 1 aliphatic carbocycles. The first kappa shape index (κ1) is 15.9. The van der Waals surface area contributed by atoms with Crippen LogP contribution in [0.4, 0.5) is 0 Å². The van der Waals surface area contributed by atoms with Gasteiger partial charge in [0.25, 0.3) is 0 Å². The Morgan fingerprint density at radius 3 is 2.87 bits per heavy atom. The van der Waals surface area contributed by atoms with Crippen molar-refractivity contribution in [2.24, 2.45) is 0 Å². The first-order chi connectivity index (χ1) is 11.2. The number of ketones is 1. The van der Waals surface area contributed by atoms with E-state index in [0.717, 1.165) is 10.4 Å². The molecule has 0 N–H and O–H groups in total. The van der Waals surface area contributed by atoms with Gasteiger partial charge >= 0.3 is 0 Å². The van der Waals surface area contributed by atoms with Crippen molar-refractivity contribution in [1.29, 1.82) is 0 Å². The zero-order chi connectivity index (χ0) is 16.2. The van der Waals surface area contributed by atoms with E-state index in [1.165, 1.54) is 0 Å². The fourth-order valence-electron chi connectivity index (χ4n) is 2.96. The second-order valence-corrected chi connectivity index (χ2v) is 6.63. The highest BCUT2D eigenvalue weighted by molar-refractivity contribution is 7.09. The zero-order valence-electron chi connectivity index (χ0n) is 13.0. The van der Waals surface area contributed by atoms with E-state index in [4.69, 9.17) is 4.74 Å². The number of methoxy groups -OCH3 is 1. The zero-order valence-corrected chi connectivity index (χ0v) is 13.8. The number of carbonyl (C=O) groups excluding carboxylic acids is 2. The molecule has 4 nitrogen and oxygen atoms in total. The molecule has 0 radical (unpaired) electrons. The smallest absolute Gasteiger partial charge is 0.231 e. The molecule has 1 heterocycles. The van der Waals surface area contributed by atoms with Crippen molar-refractivity contribution < 1.29 is 14.3 Å². The van der Waals surface area contributed by atoms with Crippen molar-refractivity contribution in [3.05, 3.63) is 57.8 Å². The molecule has 2 aromatic rings. The van der Waals surface area contributed by atoms with Crippen LogP contribution in [0.3, 0.4) is 0 Å². The van der Waals surface area contributed by atoms with Gasteiger partial charge in [0.2, 0.25) is 5.91 Å². The predicted molar refractivity (Wildman–Crippen MR) is 89.7 cm³/mol. The monoisotopic (exact) mass is 329 g/mol. The van der Waals surface area contributed by atoms with E-state index in [2.05, 4.69) is 0 Å². The molecule has 1 aromatic heterocycles. The summed E-state index contributed by atoms with van der Waals surface area (Å²) in [7, 11) is 1.63. The van der Waals surface area contributed by atoms with Crippen LogP contribution in [-0.2, 0) is 16.1 Å².